The molecular formula is C74H66F12N4O10. The van der Waals surface area contributed by atoms with Gasteiger partial charge in [0.2, 0.25) is 0 Å². The van der Waals surface area contributed by atoms with Gasteiger partial charge in [0.15, 0.2) is 0 Å². The zero-order valence-corrected chi connectivity index (χ0v) is 55.6. The number of benzene rings is 6. The number of pyridine rings is 2. The fourth-order valence-electron chi connectivity index (χ4n) is 11.9. The molecule has 0 bridgehead atoms. The SMILES string of the molecule is C=C(C)c1ccc(-c2cc(-c3ccc(C(=O)OC)cc3C)ccc2OC)c(CN2C(=O)OC(c3cc(C(F)(F)F)cc(C(F)(F)F)c3)[C@@H]2C)n1.COC(=O)c1ccc(-c2ccc(OC)c(-c3ccc(C(C)C)nc3CN3C(=O)OC(c4cc(C(F)(F)F)cc(C(F)(F)F)c4)[C@@H]3C)c2)c(C)c1. The average Bonchev–Trinajstić information content (AvgIpc) is 1.49. The number of allylic oxidation sites excluding steroid dienone is 1. The Morgan fingerprint density at radius 1 is 0.490 bits per heavy atom. The van der Waals surface area contributed by atoms with Gasteiger partial charge in [0, 0.05) is 27.9 Å². The number of ether oxygens (including phenoxy) is 6. The van der Waals surface area contributed by atoms with Crippen LogP contribution in [0.4, 0.5) is 62.3 Å². The second-order valence-corrected chi connectivity index (χ2v) is 24.3. The van der Waals surface area contributed by atoms with Crippen molar-refractivity contribution in [2.24, 2.45) is 0 Å². The topological polar surface area (TPSA) is 156 Å². The number of carbonyl (C=O) groups excluding carboxylic acids is 4. The lowest BCUT2D eigenvalue weighted by molar-refractivity contribution is -0.144. The Morgan fingerprint density at radius 3 is 1.18 bits per heavy atom. The summed E-state index contributed by atoms with van der Waals surface area (Å²) in [4.78, 5) is 62.7. The first-order valence-electron chi connectivity index (χ1n) is 30.8. The summed E-state index contributed by atoms with van der Waals surface area (Å²) in [5, 5.41) is 0. The third-order valence-electron chi connectivity index (χ3n) is 17.2. The van der Waals surface area contributed by atoms with Gasteiger partial charge in [-0.1, -0.05) is 56.8 Å². The molecule has 2 fully saturated rings. The van der Waals surface area contributed by atoms with Gasteiger partial charge in [0.25, 0.3) is 0 Å². The van der Waals surface area contributed by atoms with Crippen molar-refractivity contribution in [3.8, 4) is 56.0 Å². The molecule has 2 aromatic heterocycles. The van der Waals surface area contributed by atoms with Crippen molar-refractivity contribution in [2.45, 2.75) is 116 Å². The molecule has 4 heterocycles. The van der Waals surface area contributed by atoms with Crippen molar-refractivity contribution < 1.29 is 100 Å². The van der Waals surface area contributed by atoms with Gasteiger partial charge in [0.05, 0.1) is 104 Å². The van der Waals surface area contributed by atoms with E-state index in [1.807, 2.05) is 64.1 Å². The van der Waals surface area contributed by atoms with Crippen LogP contribution in [-0.2, 0) is 56.7 Å². The van der Waals surface area contributed by atoms with Gasteiger partial charge in [-0.15, -0.1) is 0 Å². The quantitative estimate of drug-likeness (QED) is 0.0513. The molecular weight excluding hydrogens is 1330 g/mol. The third-order valence-corrected chi connectivity index (χ3v) is 17.2. The van der Waals surface area contributed by atoms with Crippen molar-refractivity contribution in [1.29, 1.82) is 0 Å². The first kappa shape index (κ1) is 73.8. The first-order chi connectivity index (χ1) is 46.8. The highest BCUT2D eigenvalue weighted by Crippen LogP contribution is 2.46. The van der Waals surface area contributed by atoms with E-state index in [1.54, 1.807) is 67.6 Å². The van der Waals surface area contributed by atoms with Crippen LogP contribution in [0.2, 0.25) is 0 Å². The summed E-state index contributed by atoms with van der Waals surface area (Å²) < 4.78 is 195. The Balaban J connectivity index is 0.000000233. The van der Waals surface area contributed by atoms with Gasteiger partial charge >= 0.3 is 48.8 Å². The number of methoxy groups -OCH3 is 4. The maximum absolute atomic E-state index is 13.6. The fourth-order valence-corrected chi connectivity index (χ4v) is 11.9. The monoisotopic (exact) mass is 1400 g/mol. The highest BCUT2D eigenvalue weighted by Gasteiger charge is 2.46. The molecule has 4 atom stereocenters. The molecule has 2 saturated heterocycles. The minimum Gasteiger partial charge on any atom is -0.496 e. The summed E-state index contributed by atoms with van der Waals surface area (Å²) in [6.07, 6.45) is -25.0. The number of hydrogen-bond acceptors (Lipinski definition) is 12. The van der Waals surface area contributed by atoms with Crippen LogP contribution < -0.4 is 9.47 Å². The molecule has 2 amide bonds. The standard InChI is InChI=1S/C37H34F6N2O5.C37H32F6N2O5/c2*1-19(2)30-11-10-28(29-16-22(8-12-32(29)48-5)27-9-7-23(13-20(27)3)34(46)49-6)31(44-30)18-45-21(4)33(50-35(45)47)24-14-25(36(38,39)40)17-26(15-24)37(41,42)43/h7-17,19,21,33H,18H2,1-6H3;7-17,21,33H,1,18H2,2-6H3/t2*21-,33?/m00/s1. The maximum atomic E-state index is 13.6. The predicted molar refractivity (Wildman–Crippen MR) is 346 cm³/mol. The summed E-state index contributed by atoms with van der Waals surface area (Å²) in [6, 6.07) is 28.8. The summed E-state index contributed by atoms with van der Waals surface area (Å²) in [5.41, 5.74) is 3.56. The molecule has 0 spiro atoms. The lowest BCUT2D eigenvalue weighted by Gasteiger charge is -2.24. The highest BCUT2D eigenvalue weighted by atomic mass is 19.4. The Bertz CT molecular complexity index is 4420. The zero-order chi connectivity index (χ0) is 73.4. The van der Waals surface area contributed by atoms with Crippen LogP contribution in [-0.4, -0.2) is 84.4 Å². The number of amides is 2. The van der Waals surface area contributed by atoms with Gasteiger partial charge in [-0.3, -0.25) is 19.8 Å². The molecule has 14 nitrogen and oxygen atoms in total. The van der Waals surface area contributed by atoms with Crippen molar-refractivity contribution in [3.63, 3.8) is 0 Å². The Morgan fingerprint density at radius 2 is 0.850 bits per heavy atom. The van der Waals surface area contributed by atoms with E-state index >= 15 is 0 Å². The van der Waals surface area contributed by atoms with Crippen LogP contribution in [0, 0.1) is 13.8 Å². The summed E-state index contributed by atoms with van der Waals surface area (Å²) >= 11 is 0. The summed E-state index contributed by atoms with van der Waals surface area (Å²) in [5.74, 6) is -0.0247. The van der Waals surface area contributed by atoms with Crippen LogP contribution >= 0.6 is 0 Å². The number of nitrogens with zero attached hydrogens (tertiary/aromatic N) is 4. The van der Waals surface area contributed by atoms with Crippen molar-refractivity contribution in [3.05, 3.63) is 218 Å². The number of cyclic esters (lactones) is 2. The molecule has 2 aliphatic heterocycles. The van der Waals surface area contributed by atoms with Crippen molar-refractivity contribution in [1.82, 2.24) is 19.8 Å². The summed E-state index contributed by atoms with van der Waals surface area (Å²) in [7, 11) is 5.58. The van der Waals surface area contributed by atoms with E-state index in [-0.39, 0.29) is 31.1 Å². The second kappa shape index (κ2) is 28.8. The zero-order valence-electron chi connectivity index (χ0n) is 55.6. The average molecular weight is 1400 g/mol. The second-order valence-electron chi connectivity index (χ2n) is 24.3. The first-order valence-corrected chi connectivity index (χ1v) is 30.8. The van der Waals surface area contributed by atoms with E-state index in [0.717, 1.165) is 33.4 Å². The normalized spacial score (nSPS) is 16.4. The van der Waals surface area contributed by atoms with E-state index in [2.05, 4.69) is 6.58 Å². The molecule has 2 aliphatic rings. The van der Waals surface area contributed by atoms with Crippen molar-refractivity contribution >= 4 is 29.7 Å². The van der Waals surface area contributed by atoms with Gasteiger partial charge < -0.3 is 28.4 Å². The Kier molecular flexibility index (Phi) is 21.3. The lowest BCUT2D eigenvalue weighted by Crippen LogP contribution is -2.32. The molecule has 0 radical (unpaired) electrons. The number of aromatic nitrogens is 2. The van der Waals surface area contributed by atoms with E-state index in [9.17, 15) is 71.9 Å². The third kappa shape index (κ3) is 15.8. The Hall–Kier alpha value is -10.4. The minimum atomic E-state index is -5.07. The van der Waals surface area contributed by atoms with Crippen LogP contribution in [0.1, 0.15) is 141 Å². The molecule has 0 aliphatic carbocycles. The smallest absolute Gasteiger partial charge is 0.416 e. The molecule has 0 saturated carbocycles. The molecule has 526 valence electrons. The maximum Gasteiger partial charge on any atom is 0.416 e. The van der Waals surface area contributed by atoms with Gasteiger partial charge in [0.1, 0.15) is 23.7 Å². The molecule has 26 heteroatoms. The number of rotatable bonds is 16. The van der Waals surface area contributed by atoms with Gasteiger partial charge in [-0.05, 0) is 188 Å². The number of carbonyl (C=O) groups is 4. The summed E-state index contributed by atoms with van der Waals surface area (Å²) in [6.45, 7) is 15.9. The number of alkyl halides is 12. The van der Waals surface area contributed by atoms with Crippen LogP contribution in [0.3, 0.4) is 0 Å². The van der Waals surface area contributed by atoms with Crippen LogP contribution in [0.15, 0.2) is 140 Å². The van der Waals surface area contributed by atoms with E-state index in [4.69, 9.17) is 38.4 Å². The van der Waals surface area contributed by atoms with Gasteiger partial charge in [-0.2, -0.15) is 52.7 Å². The number of halogens is 12. The van der Waals surface area contributed by atoms with Crippen LogP contribution in [0.25, 0.3) is 50.1 Å². The van der Waals surface area contributed by atoms with Crippen LogP contribution in [0.5, 0.6) is 11.5 Å². The van der Waals surface area contributed by atoms with E-state index in [1.165, 1.54) is 52.1 Å². The molecule has 6 aromatic carbocycles. The molecule has 2 unspecified atom stereocenters. The lowest BCUT2D eigenvalue weighted by atomic mass is 9.93. The molecule has 100 heavy (non-hydrogen) atoms. The van der Waals surface area contributed by atoms with E-state index < -0.39 is 107 Å². The highest BCUT2D eigenvalue weighted by molar-refractivity contribution is 5.92. The minimum absolute atomic E-state index is 0.0198. The number of aryl methyl sites for hydroxylation is 2. The van der Waals surface area contributed by atoms with Crippen molar-refractivity contribution in [2.75, 3.05) is 28.4 Å². The largest absolute Gasteiger partial charge is 0.496 e. The molecule has 8 aromatic rings. The van der Waals surface area contributed by atoms with Gasteiger partial charge in [-0.25, -0.2) is 19.2 Å². The van der Waals surface area contributed by atoms with E-state index in [0.29, 0.717) is 97.5 Å². The molecule has 0 N–H and O–H groups in total. The number of esters is 2. The Labute approximate surface area is 567 Å². The number of hydrogen-bond donors (Lipinski definition) is 0. The molecule has 10 rings (SSSR count). The predicted octanol–water partition coefficient (Wildman–Crippen LogP) is 19.4. The fraction of sp³-hybridized carbons (Fsp3) is 0.297.